The van der Waals surface area contributed by atoms with Crippen LogP contribution >= 0.6 is 0 Å². The summed E-state index contributed by atoms with van der Waals surface area (Å²) in [5.41, 5.74) is 12.2. The van der Waals surface area contributed by atoms with Crippen LogP contribution in [0.5, 0.6) is 0 Å². The van der Waals surface area contributed by atoms with E-state index in [9.17, 15) is 0 Å². The van der Waals surface area contributed by atoms with Gasteiger partial charge in [0.2, 0.25) is 0 Å². The molecule has 0 aliphatic heterocycles. The molecule has 0 spiro atoms. The van der Waals surface area contributed by atoms with Gasteiger partial charge in [-0.3, -0.25) is 4.98 Å². The zero-order valence-corrected chi connectivity index (χ0v) is 30.5. The van der Waals surface area contributed by atoms with Crippen LogP contribution in [0.1, 0.15) is 0 Å². The molecule has 0 aliphatic rings. The van der Waals surface area contributed by atoms with Gasteiger partial charge in [-0.05, 0) is 59.3 Å². The van der Waals surface area contributed by atoms with Crippen LogP contribution in [0, 0.1) is 0 Å². The van der Waals surface area contributed by atoms with E-state index in [1.54, 1.807) is 0 Å². The van der Waals surface area contributed by atoms with Gasteiger partial charge in [0.15, 0.2) is 5.58 Å². The van der Waals surface area contributed by atoms with Crippen molar-refractivity contribution in [3.8, 4) is 22.6 Å². The van der Waals surface area contributed by atoms with Gasteiger partial charge in [0, 0.05) is 54.3 Å². The van der Waals surface area contributed by atoms with Crippen LogP contribution in [-0.4, -0.2) is 19.1 Å². The normalized spacial score (nSPS) is 12.2. The summed E-state index contributed by atoms with van der Waals surface area (Å²) in [5.74, 6) is 0. The minimum absolute atomic E-state index is 0.843. The maximum Gasteiger partial charge on any atom is 0.159 e. The zero-order valence-electron chi connectivity index (χ0n) is 30.5. The Hall–Kier alpha value is -7.76. The van der Waals surface area contributed by atoms with Crippen LogP contribution < -0.4 is 0 Å². The van der Waals surface area contributed by atoms with Gasteiger partial charge in [0.05, 0.1) is 50.7 Å². The number of fused-ring (bicyclic) bond motifs is 15. The average molecular weight is 727 g/mol. The number of hydrogen-bond acceptors (Lipinski definition) is 3. The monoisotopic (exact) mass is 726 g/mol. The third-order valence-corrected chi connectivity index (χ3v) is 11.9. The third kappa shape index (κ3) is 4.23. The minimum atomic E-state index is 0.843. The number of nitrogens with zero attached hydrogens (tertiary/aromatic N) is 4. The highest BCUT2D eigenvalue weighted by molar-refractivity contribution is 6.23. The minimum Gasteiger partial charge on any atom is -0.454 e. The van der Waals surface area contributed by atoms with E-state index in [-0.39, 0.29) is 0 Å². The predicted octanol–water partition coefficient (Wildman–Crippen LogP) is 13.7. The third-order valence-electron chi connectivity index (χ3n) is 11.9. The molecule has 9 aromatic carbocycles. The second kappa shape index (κ2) is 11.4. The lowest BCUT2D eigenvalue weighted by Crippen LogP contribution is -1.96. The fourth-order valence-electron chi connectivity index (χ4n) is 9.44. The molecular formula is C52H30N4O. The van der Waals surface area contributed by atoms with Crippen molar-refractivity contribution in [2.75, 3.05) is 0 Å². The molecule has 0 unspecified atom stereocenters. The summed E-state index contributed by atoms with van der Waals surface area (Å²) in [6, 6.07) is 62.7. The van der Waals surface area contributed by atoms with Crippen molar-refractivity contribution in [1.82, 2.24) is 19.1 Å². The fourth-order valence-corrected chi connectivity index (χ4v) is 9.44. The molecule has 0 atom stereocenters. The predicted molar refractivity (Wildman–Crippen MR) is 236 cm³/mol. The van der Waals surface area contributed by atoms with Gasteiger partial charge in [0.25, 0.3) is 0 Å². The molecule has 264 valence electrons. The van der Waals surface area contributed by atoms with Crippen molar-refractivity contribution in [1.29, 1.82) is 0 Å². The number of aromatic nitrogens is 4. The molecular weight excluding hydrogens is 697 g/mol. The number of para-hydroxylation sites is 4. The maximum atomic E-state index is 6.60. The Morgan fingerprint density at radius 1 is 0.386 bits per heavy atom. The quantitative estimate of drug-likeness (QED) is 0.170. The molecule has 0 radical (unpaired) electrons. The number of hydrogen-bond donors (Lipinski definition) is 0. The van der Waals surface area contributed by atoms with E-state index in [1.807, 2.05) is 12.3 Å². The van der Waals surface area contributed by atoms with E-state index in [1.165, 1.54) is 32.3 Å². The Balaban J connectivity index is 1.05. The molecule has 0 amide bonds. The van der Waals surface area contributed by atoms with Crippen LogP contribution in [0.15, 0.2) is 187 Å². The summed E-state index contributed by atoms with van der Waals surface area (Å²) < 4.78 is 11.4. The van der Waals surface area contributed by atoms with Crippen molar-refractivity contribution < 1.29 is 4.42 Å². The van der Waals surface area contributed by atoms with Crippen molar-refractivity contribution in [3.05, 3.63) is 182 Å². The average Bonchev–Trinajstić information content (AvgIpc) is 3.93. The summed E-state index contributed by atoms with van der Waals surface area (Å²) in [7, 11) is 0. The lowest BCUT2D eigenvalue weighted by molar-refractivity contribution is 0.666. The molecule has 13 aromatic rings. The largest absolute Gasteiger partial charge is 0.454 e. The topological polar surface area (TPSA) is 48.8 Å². The highest BCUT2D eigenvalue weighted by atomic mass is 16.3. The standard InChI is InChI=1S/C52H30N4O/c1-3-20-38-33(15-1)34-16-2-4-21-39(34)51-50(38)53-30-43(54-51)31-13-11-14-32(27-31)55-44-23-8-5-17-35(44)41-29-48-42(28-47(41)55)36-18-6-9-24-45(36)56(48)46-25-12-22-40-37-19-7-10-26-49(37)57-52(40)46/h1-30H. The second-order valence-electron chi connectivity index (χ2n) is 14.9. The van der Waals surface area contributed by atoms with Gasteiger partial charge in [0.1, 0.15) is 5.58 Å². The lowest BCUT2D eigenvalue weighted by Gasteiger charge is -2.12. The van der Waals surface area contributed by atoms with E-state index in [0.29, 0.717) is 0 Å². The maximum absolute atomic E-state index is 6.60. The first-order valence-electron chi connectivity index (χ1n) is 19.3. The fraction of sp³-hybridized carbons (Fsp3) is 0. The van der Waals surface area contributed by atoms with Crippen molar-refractivity contribution >= 4 is 98.1 Å². The molecule has 0 saturated carbocycles. The molecule has 5 heteroatoms. The lowest BCUT2D eigenvalue weighted by atomic mass is 9.99. The summed E-state index contributed by atoms with van der Waals surface area (Å²) in [5, 5.41) is 11.6. The zero-order chi connectivity index (χ0) is 37.2. The molecule has 0 saturated heterocycles. The van der Waals surface area contributed by atoms with Gasteiger partial charge >= 0.3 is 0 Å². The number of rotatable bonds is 3. The number of benzene rings is 9. The molecule has 0 aliphatic carbocycles. The van der Waals surface area contributed by atoms with Gasteiger partial charge < -0.3 is 13.6 Å². The Kier molecular flexibility index (Phi) is 6.10. The molecule has 0 fully saturated rings. The van der Waals surface area contributed by atoms with Crippen molar-refractivity contribution in [2.45, 2.75) is 0 Å². The Morgan fingerprint density at radius 2 is 0.947 bits per heavy atom. The van der Waals surface area contributed by atoms with E-state index in [2.05, 4.69) is 179 Å². The summed E-state index contributed by atoms with van der Waals surface area (Å²) in [6.07, 6.45) is 1.93. The Labute approximate surface area is 325 Å². The van der Waals surface area contributed by atoms with Crippen LogP contribution in [0.3, 0.4) is 0 Å². The van der Waals surface area contributed by atoms with E-state index in [4.69, 9.17) is 14.4 Å². The van der Waals surface area contributed by atoms with Crippen LogP contribution in [0.4, 0.5) is 0 Å². The first-order chi connectivity index (χ1) is 28.3. The SMILES string of the molecule is c1cc(-c2cnc3c4ccccc4c4ccccc4c3n2)cc(-n2c3ccccc3c3cc4c(cc32)c2ccccc2n4-c2cccc3c2oc2ccccc23)c1. The summed E-state index contributed by atoms with van der Waals surface area (Å²) in [4.78, 5) is 10.4. The Bertz CT molecular complexity index is 3790. The van der Waals surface area contributed by atoms with Gasteiger partial charge in [-0.1, -0.05) is 127 Å². The van der Waals surface area contributed by atoms with Gasteiger partial charge in [-0.2, -0.15) is 0 Å². The molecule has 0 bridgehead atoms. The van der Waals surface area contributed by atoms with Crippen LogP contribution in [-0.2, 0) is 0 Å². The van der Waals surface area contributed by atoms with E-state index < -0.39 is 0 Å². The van der Waals surface area contributed by atoms with Crippen molar-refractivity contribution in [2.24, 2.45) is 0 Å². The highest BCUT2D eigenvalue weighted by Crippen LogP contribution is 2.42. The van der Waals surface area contributed by atoms with Crippen LogP contribution in [0.2, 0.25) is 0 Å². The van der Waals surface area contributed by atoms with Gasteiger partial charge in [-0.15, -0.1) is 0 Å². The summed E-state index contributed by atoms with van der Waals surface area (Å²) >= 11 is 0. The molecule has 0 N–H and O–H groups in total. The Morgan fingerprint density at radius 3 is 1.68 bits per heavy atom. The molecule has 57 heavy (non-hydrogen) atoms. The van der Waals surface area contributed by atoms with Crippen LogP contribution in [0.25, 0.3) is 121 Å². The van der Waals surface area contributed by atoms with E-state index >= 15 is 0 Å². The smallest absolute Gasteiger partial charge is 0.159 e. The molecule has 13 rings (SSSR count). The van der Waals surface area contributed by atoms with Gasteiger partial charge in [-0.25, -0.2) is 4.98 Å². The molecule has 4 aromatic heterocycles. The molecule has 5 nitrogen and oxygen atoms in total. The second-order valence-corrected chi connectivity index (χ2v) is 14.9. The highest BCUT2D eigenvalue weighted by Gasteiger charge is 2.21. The molecule has 4 heterocycles. The number of furan rings is 1. The van der Waals surface area contributed by atoms with Crippen molar-refractivity contribution in [3.63, 3.8) is 0 Å². The first-order valence-corrected chi connectivity index (χ1v) is 19.3. The van der Waals surface area contributed by atoms with E-state index in [0.717, 1.165) is 88.4 Å². The summed E-state index contributed by atoms with van der Waals surface area (Å²) in [6.45, 7) is 0. The first kappa shape index (κ1) is 30.6.